The molecule has 0 spiro atoms. The van der Waals surface area contributed by atoms with Crippen LogP contribution in [0.1, 0.15) is 33.2 Å². The van der Waals surface area contributed by atoms with Gasteiger partial charge in [0.1, 0.15) is 6.10 Å². The highest BCUT2D eigenvalue weighted by Gasteiger charge is 2.20. The molecule has 25 heavy (non-hydrogen) atoms. The summed E-state index contributed by atoms with van der Waals surface area (Å²) < 4.78 is 0. The molecule has 3 aromatic rings. The average molecular weight is 334 g/mol. The molecule has 0 bridgehead atoms. The molecule has 3 aromatic carbocycles. The Bertz CT molecular complexity index is 783. The molecule has 0 saturated heterocycles. The zero-order valence-corrected chi connectivity index (χ0v) is 14.2. The third kappa shape index (κ3) is 5.38. The number of hydrogen-bond acceptors (Lipinski definition) is 3. The summed E-state index contributed by atoms with van der Waals surface area (Å²) in [6.07, 6.45) is -1.20. The van der Waals surface area contributed by atoms with Gasteiger partial charge in [0.15, 0.2) is 5.78 Å². The lowest BCUT2D eigenvalue weighted by molar-refractivity contribution is 0.0744. The van der Waals surface area contributed by atoms with Crippen LogP contribution in [0.15, 0.2) is 84.9 Å². The molecular weight excluding hydrogens is 312 g/mol. The largest absolute Gasteiger partial charge is 0.392 e. The zero-order valence-electron chi connectivity index (χ0n) is 14.2. The highest BCUT2D eigenvalue weighted by Crippen LogP contribution is 2.20. The predicted octanol–water partition coefficient (Wildman–Crippen LogP) is 4.09. The maximum Gasteiger partial charge on any atom is 0.196 e. The number of aryl methyl sites for hydroxylation is 1. The van der Waals surface area contributed by atoms with E-state index in [1.807, 2.05) is 24.3 Å². The van der Waals surface area contributed by atoms with Crippen molar-refractivity contribution in [1.82, 2.24) is 0 Å². The van der Waals surface area contributed by atoms with Gasteiger partial charge in [-0.25, -0.2) is 0 Å². The highest BCUT2D eigenvalue weighted by molar-refractivity contribution is 6.01. The number of hydrogen-bond donors (Lipinski definition) is 2. The summed E-state index contributed by atoms with van der Waals surface area (Å²) in [6, 6.07) is 25.8. The van der Waals surface area contributed by atoms with Crippen LogP contribution in [-0.4, -0.2) is 16.0 Å². The molecule has 0 aliphatic carbocycles. The fraction of sp³-hybridized carbons (Fsp3) is 0.136. The first-order valence-corrected chi connectivity index (χ1v) is 8.11. The number of Topliss-reactive ketones (excluding diaryl/α,β-unsaturated/α-hetero) is 1. The Morgan fingerprint density at radius 2 is 1.36 bits per heavy atom. The van der Waals surface area contributed by atoms with Crippen molar-refractivity contribution >= 4 is 5.78 Å². The summed E-state index contributed by atoms with van der Waals surface area (Å²) in [5.41, 5.74) is 2.76. The van der Waals surface area contributed by atoms with Crippen LogP contribution in [0.4, 0.5) is 0 Å². The van der Waals surface area contributed by atoms with Gasteiger partial charge in [0, 0.05) is 5.56 Å². The lowest BCUT2D eigenvalue weighted by atomic mass is 9.96. The Balaban J connectivity index is 0.000000269. The number of benzene rings is 3. The molecule has 3 heteroatoms. The summed E-state index contributed by atoms with van der Waals surface area (Å²) in [7, 11) is 0. The summed E-state index contributed by atoms with van der Waals surface area (Å²) in [6.45, 7) is 1.86. The van der Waals surface area contributed by atoms with Gasteiger partial charge in [-0.2, -0.15) is 0 Å². The van der Waals surface area contributed by atoms with Crippen molar-refractivity contribution in [3.05, 3.63) is 107 Å². The molecule has 128 valence electrons. The van der Waals surface area contributed by atoms with Gasteiger partial charge in [-0.1, -0.05) is 90.5 Å². The number of carbonyl (C=O) groups is 1. The van der Waals surface area contributed by atoms with Crippen molar-refractivity contribution in [2.24, 2.45) is 0 Å². The van der Waals surface area contributed by atoms with E-state index in [0.29, 0.717) is 16.7 Å². The Kier molecular flexibility index (Phi) is 7.08. The summed E-state index contributed by atoms with van der Waals surface area (Å²) in [5, 5.41) is 19.2. The van der Waals surface area contributed by atoms with E-state index in [1.165, 1.54) is 5.56 Å². The first-order valence-electron chi connectivity index (χ1n) is 8.11. The van der Waals surface area contributed by atoms with Gasteiger partial charge in [-0.05, 0) is 18.1 Å². The molecule has 3 rings (SSSR count). The number of ketones is 1. The second-order valence-electron chi connectivity index (χ2n) is 5.65. The molecule has 0 heterocycles. The monoisotopic (exact) mass is 334 g/mol. The van der Waals surface area contributed by atoms with Gasteiger partial charge in [-0.3, -0.25) is 4.79 Å². The number of rotatable bonds is 4. The molecule has 3 nitrogen and oxygen atoms in total. The van der Waals surface area contributed by atoms with Crippen LogP contribution in [0, 0.1) is 6.92 Å². The van der Waals surface area contributed by atoms with Crippen molar-refractivity contribution in [1.29, 1.82) is 0 Å². The second-order valence-corrected chi connectivity index (χ2v) is 5.65. The quantitative estimate of drug-likeness (QED) is 0.707. The third-order valence-electron chi connectivity index (χ3n) is 3.76. The van der Waals surface area contributed by atoms with E-state index < -0.39 is 11.9 Å². The van der Waals surface area contributed by atoms with Crippen molar-refractivity contribution in [3.8, 4) is 0 Å². The molecule has 1 unspecified atom stereocenters. The molecule has 1 atom stereocenters. The molecule has 0 radical (unpaired) electrons. The van der Waals surface area contributed by atoms with Crippen molar-refractivity contribution in [2.75, 3.05) is 0 Å². The van der Waals surface area contributed by atoms with E-state index in [4.69, 9.17) is 0 Å². The Labute approximate surface area is 148 Å². The zero-order chi connectivity index (χ0) is 18.1. The first kappa shape index (κ1) is 18.6. The fourth-order valence-corrected chi connectivity index (χ4v) is 2.37. The summed E-state index contributed by atoms with van der Waals surface area (Å²) in [4.78, 5) is 12.2. The van der Waals surface area contributed by atoms with Gasteiger partial charge in [-0.15, -0.1) is 0 Å². The number of aliphatic hydroxyl groups excluding tert-OH is 2. The van der Waals surface area contributed by atoms with E-state index >= 15 is 0 Å². The van der Waals surface area contributed by atoms with E-state index in [1.54, 1.807) is 48.5 Å². The molecule has 0 aliphatic heterocycles. The van der Waals surface area contributed by atoms with E-state index in [-0.39, 0.29) is 6.61 Å². The molecule has 0 fully saturated rings. The maximum atomic E-state index is 12.2. The lowest BCUT2D eigenvalue weighted by Crippen LogP contribution is -2.14. The Morgan fingerprint density at radius 3 is 1.88 bits per heavy atom. The average Bonchev–Trinajstić information content (AvgIpc) is 2.68. The minimum atomic E-state index is -1.20. The van der Waals surface area contributed by atoms with Crippen molar-refractivity contribution in [2.45, 2.75) is 19.6 Å². The smallest absolute Gasteiger partial charge is 0.196 e. The molecule has 0 saturated carbocycles. The van der Waals surface area contributed by atoms with Gasteiger partial charge in [0.05, 0.1) is 6.61 Å². The van der Waals surface area contributed by atoms with Gasteiger partial charge in [0.25, 0.3) is 0 Å². The van der Waals surface area contributed by atoms with Gasteiger partial charge >= 0.3 is 0 Å². The second kappa shape index (κ2) is 9.52. The van der Waals surface area contributed by atoms with Crippen LogP contribution in [0.3, 0.4) is 0 Å². The molecule has 0 aliphatic rings. The molecule has 0 amide bonds. The highest BCUT2D eigenvalue weighted by atomic mass is 16.3. The maximum absolute atomic E-state index is 12.2. The predicted molar refractivity (Wildman–Crippen MR) is 99.3 cm³/mol. The van der Waals surface area contributed by atoms with Crippen LogP contribution in [0.5, 0.6) is 0 Å². The fourth-order valence-electron chi connectivity index (χ4n) is 2.37. The third-order valence-corrected chi connectivity index (χ3v) is 3.76. The van der Waals surface area contributed by atoms with Gasteiger partial charge in [0.2, 0.25) is 0 Å². The normalized spacial score (nSPS) is 11.2. The van der Waals surface area contributed by atoms with Crippen LogP contribution in [0.25, 0.3) is 0 Å². The summed E-state index contributed by atoms with van der Waals surface area (Å²) in [5.74, 6) is -0.397. The van der Waals surface area contributed by atoms with Crippen molar-refractivity contribution in [3.63, 3.8) is 0 Å². The lowest BCUT2D eigenvalue weighted by Gasteiger charge is -2.12. The van der Waals surface area contributed by atoms with Crippen LogP contribution >= 0.6 is 0 Å². The van der Waals surface area contributed by atoms with Gasteiger partial charge < -0.3 is 10.2 Å². The Hall–Kier alpha value is -2.75. The standard InChI is InChI=1S/C15H14O3.C7H8/c16-10-12-8-4-5-9-13(12)15(18)14(17)11-6-2-1-3-7-11;1-7-5-3-2-4-6-7/h1-9,14,16-17H,10H2;2-6H,1H3. The molecular formula is C22H22O3. The topological polar surface area (TPSA) is 57.5 Å². The van der Waals surface area contributed by atoms with E-state index in [9.17, 15) is 15.0 Å². The number of aliphatic hydroxyl groups is 2. The number of carbonyl (C=O) groups excluding carboxylic acids is 1. The summed E-state index contributed by atoms with van der Waals surface area (Å²) >= 11 is 0. The van der Waals surface area contributed by atoms with Crippen molar-refractivity contribution < 1.29 is 15.0 Å². The minimum absolute atomic E-state index is 0.219. The Morgan fingerprint density at radius 1 is 0.840 bits per heavy atom. The minimum Gasteiger partial charge on any atom is -0.392 e. The SMILES string of the molecule is Cc1ccccc1.O=C(c1ccccc1CO)C(O)c1ccccc1. The van der Waals surface area contributed by atoms with Crippen LogP contribution in [0.2, 0.25) is 0 Å². The van der Waals surface area contributed by atoms with E-state index in [0.717, 1.165) is 0 Å². The van der Waals surface area contributed by atoms with E-state index in [2.05, 4.69) is 19.1 Å². The molecule has 0 aromatic heterocycles. The first-order chi connectivity index (χ1) is 12.1. The van der Waals surface area contributed by atoms with Crippen LogP contribution in [-0.2, 0) is 6.61 Å². The van der Waals surface area contributed by atoms with Crippen LogP contribution < -0.4 is 0 Å². The molecule has 2 N–H and O–H groups in total.